The van der Waals surface area contributed by atoms with Gasteiger partial charge in [-0.3, -0.25) is 4.79 Å². The highest BCUT2D eigenvalue weighted by Gasteiger charge is 2.55. The van der Waals surface area contributed by atoms with Crippen molar-refractivity contribution >= 4 is 17.4 Å². The quantitative estimate of drug-likeness (QED) is 0.543. The van der Waals surface area contributed by atoms with E-state index >= 15 is 0 Å². The van der Waals surface area contributed by atoms with Gasteiger partial charge in [0, 0.05) is 6.42 Å². The zero-order valence-corrected chi connectivity index (χ0v) is 8.15. The van der Waals surface area contributed by atoms with E-state index in [0.29, 0.717) is 6.42 Å². The first-order chi connectivity index (χ1) is 5.45. The minimum Gasteiger partial charge on any atom is -0.367 e. The van der Waals surface area contributed by atoms with Gasteiger partial charge in [-0.2, -0.15) is 0 Å². The van der Waals surface area contributed by atoms with E-state index in [2.05, 4.69) is 0 Å². The summed E-state index contributed by atoms with van der Waals surface area (Å²) in [6, 6.07) is 0. The van der Waals surface area contributed by atoms with Crippen LogP contribution in [0.2, 0.25) is 0 Å². The Kier molecular flexibility index (Phi) is 1.59. The van der Waals surface area contributed by atoms with Gasteiger partial charge in [0.15, 0.2) is 5.78 Å². The van der Waals surface area contributed by atoms with E-state index in [4.69, 9.17) is 16.3 Å². The van der Waals surface area contributed by atoms with Gasteiger partial charge in [-0.25, -0.2) is 0 Å². The van der Waals surface area contributed by atoms with E-state index < -0.39 is 11.0 Å². The first-order valence-corrected chi connectivity index (χ1v) is 4.76. The minimum absolute atomic E-state index is 0.144. The van der Waals surface area contributed by atoms with Crippen molar-refractivity contribution in [3.63, 3.8) is 0 Å². The fourth-order valence-electron chi connectivity index (χ4n) is 2.28. The highest BCUT2D eigenvalue weighted by Crippen LogP contribution is 2.48. The summed E-state index contributed by atoms with van der Waals surface area (Å²) in [4.78, 5) is 11.5. The molecule has 2 saturated heterocycles. The number of carbonyl (C=O) groups is 1. The lowest BCUT2D eigenvalue weighted by molar-refractivity contribution is -0.151. The number of ketones is 1. The average molecular weight is 189 g/mol. The van der Waals surface area contributed by atoms with E-state index in [1.807, 2.05) is 13.8 Å². The normalized spacial score (nSPS) is 52.9. The molecule has 0 unspecified atom stereocenters. The highest BCUT2D eigenvalue weighted by atomic mass is 35.5. The van der Waals surface area contributed by atoms with Crippen LogP contribution in [0.4, 0.5) is 0 Å². The van der Waals surface area contributed by atoms with Gasteiger partial charge in [0.05, 0.1) is 11.2 Å². The number of alkyl halides is 1. The van der Waals surface area contributed by atoms with Crippen LogP contribution in [0.3, 0.4) is 0 Å². The van der Waals surface area contributed by atoms with Crippen LogP contribution in [-0.4, -0.2) is 22.4 Å². The Balaban J connectivity index is 2.34. The van der Waals surface area contributed by atoms with Gasteiger partial charge in [-0.15, -0.1) is 11.6 Å². The van der Waals surface area contributed by atoms with Crippen molar-refractivity contribution in [2.24, 2.45) is 0 Å². The van der Waals surface area contributed by atoms with Crippen LogP contribution in [0.5, 0.6) is 0 Å². The van der Waals surface area contributed by atoms with Gasteiger partial charge in [0.1, 0.15) is 5.38 Å². The Labute approximate surface area is 77.2 Å². The molecule has 0 amide bonds. The molecule has 2 nitrogen and oxygen atoms in total. The van der Waals surface area contributed by atoms with Crippen LogP contribution in [0.15, 0.2) is 0 Å². The van der Waals surface area contributed by atoms with Gasteiger partial charge in [0.25, 0.3) is 0 Å². The monoisotopic (exact) mass is 188 g/mol. The molecule has 2 fully saturated rings. The van der Waals surface area contributed by atoms with Gasteiger partial charge < -0.3 is 4.74 Å². The van der Waals surface area contributed by atoms with Crippen LogP contribution in [0.1, 0.15) is 33.1 Å². The summed E-state index contributed by atoms with van der Waals surface area (Å²) in [5, 5.41) is -0.437. The number of rotatable bonds is 0. The molecule has 0 aromatic heterocycles. The first kappa shape index (κ1) is 8.52. The molecule has 2 aliphatic heterocycles. The van der Waals surface area contributed by atoms with Gasteiger partial charge in [0.2, 0.25) is 0 Å². The van der Waals surface area contributed by atoms with Crippen molar-refractivity contribution in [1.29, 1.82) is 0 Å². The summed E-state index contributed by atoms with van der Waals surface area (Å²) in [5.74, 6) is 0.144. The molecule has 12 heavy (non-hydrogen) atoms. The Hall–Kier alpha value is -0.0800. The molecule has 68 valence electrons. The van der Waals surface area contributed by atoms with Crippen molar-refractivity contribution in [2.75, 3.05) is 0 Å². The summed E-state index contributed by atoms with van der Waals surface area (Å²) in [6.07, 6.45) is 2.35. The largest absolute Gasteiger partial charge is 0.367 e. The lowest BCUT2D eigenvalue weighted by Crippen LogP contribution is -2.49. The van der Waals surface area contributed by atoms with Crippen molar-refractivity contribution in [2.45, 2.75) is 49.7 Å². The molecule has 0 N–H and O–H groups in total. The maximum Gasteiger partial charge on any atom is 0.156 e. The molecule has 0 spiro atoms. The number of hydrogen-bond donors (Lipinski definition) is 0. The van der Waals surface area contributed by atoms with Crippen LogP contribution >= 0.6 is 11.6 Å². The summed E-state index contributed by atoms with van der Waals surface area (Å²) < 4.78 is 5.80. The molecular formula is C9H13ClO2. The zero-order valence-electron chi connectivity index (χ0n) is 7.39. The molecular weight excluding hydrogens is 176 g/mol. The van der Waals surface area contributed by atoms with Crippen molar-refractivity contribution < 1.29 is 9.53 Å². The standard InChI is InChI=1S/C9H13ClO2/c1-8-3-4-9(2,12-8)7(10)6(11)5-8/h7H,3-5H2,1-2H3/t7-,8-,9+/m1/s1. The SMILES string of the molecule is C[C@]12CC[C@](C)(O1)[C@H](Cl)C(=O)C2. The van der Waals surface area contributed by atoms with Crippen molar-refractivity contribution in [3.05, 3.63) is 0 Å². The Morgan fingerprint density at radius 2 is 2.17 bits per heavy atom. The van der Waals surface area contributed by atoms with Gasteiger partial charge >= 0.3 is 0 Å². The van der Waals surface area contributed by atoms with E-state index in [0.717, 1.165) is 12.8 Å². The first-order valence-electron chi connectivity index (χ1n) is 4.32. The number of halogens is 1. The summed E-state index contributed by atoms with van der Waals surface area (Å²) >= 11 is 5.99. The third-order valence-electron chi connectivity index (χ3n) is 3.00. The molecule has 0 aromatic carbocycles. The number of ether oxygens (including phenoxy) is 1. The lowest BCUT2D eigenvalue weighted by Gasteiger charge is -2.38. The Morgan fingerprint density at radius 1 is 1.50 bits per heavy atom. The summed E-state index contributed by atoms with van der Waals surface area (Å²) in [7, 11) is 0. The van der Waals surface area contributed by atoms with Crippen LogP contribution in [0.25, 0.3) is 0 Å². The van der Waals surface area contributed by atoms with Crippen LogP contribution in [0, 0.1) is 0 Å². The fraction of sp³-hybridized carbons (Fsp3) is 0.889. The van der Waals surface area contributed by atoms with Gasteiger partial charge in [-0.05, 0) is 26.7 Å². The predicted molar refractivity (Wildman–Crippen MR) is 46.4 cm³/mol. The molecule has 3 heteroatoms. The average Bonchev–Trinajstić information content (AvgIpc) is 2.22. The lowest BCUT2D eigenvalue weighted by atomic mass is 9.93. The van der Waals surface area contributed by atoms with Crippen molar-refractivity contribution in [3.8, 4) is 0 Å². The molecule has 0 aliphatic carbocycles. The number of Topliss-reactive ketones (excluding diaryl/α,β-unsaturated/α-hetero) is 1. The van der Waals surface area contributed by atoms with E-state index in [9.17, 15) is 4.79 Å². The van der Waals surface area contributed by atoms with Crippen LogP contribution in [-0.2, 0) is 9.53 Å². The maximum absolute atomic E-state index is 11.5. The third kappa shape index (κ3) is 1.01. The highest BCUT2D eigenvalue weighted by molar-refractivity contribution is 6.32. The van der Waals surface area contributed by atoms with E-state index in [1.54, 1.807) is 0 Å². The second-order valence-electron chi connectivity index (χ2n) is 4.37. The Bertz CT molecular complexity index is 241. The second-order valence-corrected chi connectivity index (χ2v) is 4.81. The zero-order chi connectivity index (χ0) is 8.98. The molecule has 0 saturated carbocycles. The summed E-state index contributed by atoms with van der Waals surface area (Å²) in [5.41, 5.74) is -0.622. The van der Waals surface area contributed by atoms with E-state index in [-0.39, 0.29) is 11.4 Å². The molecule has 0 aromatic rings. The summed E-state index contributed by atoms with van der Waals surface area (Å²) in [6.45, 7) is 3.94. The molecule has 2 aliphatic rings. The molecule has 2 rings (SSSR count). The van der Waals surface area contributed by atoms with Gasteiger partial charge in [-0.1, -0.05) is 0 Å². The Morgan fingerprint density at radius 3 is 2.83 bits per heavy atom. The topological polar surface area (TPSA) is 26.3 Å². The molecule has 2 heterocycles. The van der Waals surface area contributed by atoms with E-state index in [1.165, 1.54) is 0 Å². The molecule has 0 radical (unpaired) electrons. The molecule has 3 atom stereocenters. The van der Waals surface area contributed by atoms with Crippen molar-refractivity contribution in [1.82, 2.24) is 0 Å². The third-order valence-corrected chi connectivity index (χ3v) is 3.70. The smallest absolute Gasteiger partial charge is 0.156 e. The van der Waals surface area contributed by atoms with Crippen LogP contribution < -0.4 is 0 Å². The molecule has 2 bridgehead atoms. The fourth-order valence-corrected chi connectivity index (χ4v) is 2.51. The maximum atomic E-state index is 11.5. The number of hydrogen-bond acceptors (Lipinski definition) is 2. The number of carbonyl (C=O) groups excluding carboxylic acids is 1. The predicted octanol–water partition coefficient (Wildman–Crippen LogP) is 1.89. The number of fused-ring (bicyclic) bond motifs is 2. The second kappa shape index (κ2) is 2.24. The minimum atomic E-state index is -0.437.